The van der Waals surface area contributed by atoms with Crippen LogP contribution in [-0.2, 0) is 16.0 Å². The first-order valence-corrected chi connectivity index (χ1v) is 5.00. The third-order valence-corrected chi connectivity index (χ3v) is 2.34. The number of nitrogens with zero attached hydrogens (tertiary/aromatic N) is 2. The number of H-pyrrole nitrogens is 1. The van der Waals surface area contributed by atoms with Crippen molar-refractivity contribution in [1.29, 1.82) is 0 Å². The molecule has 0 aromatic carbocycles. The van der Waals surface area contributed by atoms with Crippen LogP contribution in [0.5, 0.6) is 0 Å². The Morgan fingerprint density at radius 3 is 3.20 bits per heavy atom. The van der Waals surface area contributed by atoms with E-state index in [1.54, 1.807) is 0 Å². The number of hydrogen-bond donors (Lipinski definition) is 2. The summed E-state index contributed by atoms with van der Waals surface area (Å²) in [7, 11) is 0. The molecule has 0 aliphatic carbocycles. The van der Waals surface area contributed by atoms with Crippen LogP contribution in [0.2, 0.25) is 0 Å². The van der Waals surface area contributed by atoms with E-state index >= 15 is 0 Å². The van der Waals surface area contributed by atoms with Gasteiger partial charge in [0, 0.05) is 13.0 Å². The number of carboxylic acid groups (broad SMARTS) is 1. The van der Waals surface area contributed by atoms with Crippen molar-refractivity contribution in [3.05, 3.63) is 11.6 Å². The van der Waals surface area contributed by atoms with Gasteiger partial charge in [-0.1, -0.05) is 0 Å². The van der Waals surface area contributed by atoms with Crippen LogP contribution in [0, 0.1) is 0 Å². The van der Waals surface area contributed by atoms with Gasteiger partial charge in [0.1, 0.15) is 11.9 Å². The van der Waals surface area contributed by atoms with Crippen molar-refractivity contribution in [2.45, 2.75) is 31.8 Å². The summed E-state index contributed by atoms with van der Waals surface area (Å²) < 4.78 is 5.42. The Hall–Kier alpha value is -1.43. The second kappa shape index (κ2) is 4.39. The first-order valence-electron chi connectivity index (χ1n) is 5.00. The van der Waals surface area contributed by atoms with Crippen LogP contribution in [0.1, 0.15) is 37.0 Å². The lowest BCUT2D eigenvalue weighted by Gasteiger charge is -2.01. The van der Waals surface area contributed by atoms with Crippen LogP contribution >= 0.6 is 0 Å². The molecule has 1 fully saturated rings. The zero-order valence-electron chi connectivity index (χ0n) is 8.27. The van der Waals surface area contributed by atoms with Gasteiger partial charge in [-0.2, -0.15) is 5.10 Å². The number of nitrogens with one attached hydrogen (secondary N) is 1. The fourth-order valence-electron chi connectivity index (χ4n) is 1.57. The molecule has 82 valence electrons. The van der Waals surface area contributed by atoms with Crippen molar-refractivity contribution >= 4 is 5.97 Å². The van der Waals surface area contributed by atoms with Gasteiger partial charge >= 0.3 is 5.97 Å². The van der Waals surface area contributed by atoms with Crippen molar-refractivity contribution in [3.63, 3.8) is 0 Å². The predicted octanol–water partition coefficient (Wildman–Crippen LogP) is 0.673. The van der Waals surface area contributed by atoms with Gasteiger partial charge < -0.3 is 9.84 Å². The Morgan fingerprint density at radius 2 is 2.53 bits per heavy atom. The minimum absolute atomic E-state index is 0.0140. The largest absolute Gasteiger partial charge is 0.481 e. The second-order valence-electron chi connectivity index (χ2n) is 3.54. The van der Waals surface area contributed by atoms with Crippen molar-refractivity contribution in [3.8, 4) is 0 Å². The highest BCUT2D eigenvalue weighted by atomic mass is 16.5. The molecule has 2 rings (SSSR count). The van der Waals surface area contributed by atoms with Crippen molar-refractivity contribution in [1.82, 2.24) is 15.2 Å². The van der Waals surface area contributed by atoms with E-state index in [-0.39, 0.29) is 12.5 Å². The lowest BCUT2D eigenvalue weighted by Crippen LogP contribution is -2.00. The summed E-state index contributed by atoms with van der Waals surface area (Å²) in [6, 6.07) is 0. The summed E-state index contributed by atoms with van der Waals surface area (Å²) in [6.45, 7) is 0.754. The van der Waals surface area contributed by atoms with E-state index in [9.17, 15) is 4.79 Å². The van der Waals surface area contributed by atoms with Crippen molar-refractivity contribution < 1.29 is 14.6 Å². The summed E-state index contributed by atoms with van der Waals surface area (Å²) >= 11 is 0. The molecule has 1 atom stereocenters. The average molecular weight is 211 g/mol. The van der Waals surface area contributed by atoms with E-state index in [2.05, 4.69) is 15.2 Å². The zero-order valence-corrected chi connectivity index (χ0v) is 8.27. The van der Waals surface area contributed by atoms with E-state index in [1.165, 1.54) is 0 Å². The molecule has 1 aliphatic rings. The Balaban J connectivity index is 1.94. The predicted molar refractivity (Wildman–Crippen MR) is 50.3 cm³/mol. The first-order chi connectivity index (χ1) is 7.25. The first kappa shape index (κ1) is 10.1. The van der Waals surface area contributed by atoms with Crippen molar-refractivity contribution in [2.75, 3.05) is 6.61 Å². The topological polar surface area (TPSA) is 88.1 Å². The molecule has 1 aromatic heterocycles. The van der Waals surface area contributed by atoms with Crippen LogP contribution in [0.15, 0.2) is 0 Å². The Bertz CT molecular complexity index is 344. The van der Waals surface area contributed by atoms with Gasteiger partial charge in [-0.05, 0) is 12.8 Å². The van der Waals surface area contributed by atoms with E-state index in [0.717, 1.165) is 19.4 Å². The highest BCUT2D eigenvalue weighted by Gasteiger charge is 2.21. The van der Waals surface area contributed by atoms with Gasteiger partial charge in [0.15, 0.2) is 5.82 Å². The van der Waals surface area contributed by atoms with Gasteiger partial charge in [0.25, 0.3) is 0 Å². The SMILES string of the molecule is O=C(O)CCc1nc(C2CCCO2)n[nH]1. The van der Waals surface area contributed by atoms with Gasteiger partial charge in [-0.25, -0.2) is 4.98 Å². The number of aromatic amines is 1. The number of ether oxygens (including phenoxy) is 1. The molecule has 1 unspecified atom stereocenters. The highest BCUT2D eigenvalue weighted by Crippen LogP contribution is 2.25. The third kappa shape index (κ3) is 2.53. The van der Waals surface area contributed by atoms with Gasteiger partial charge in [-0.3, -0.25) is 9.89 Å². The molecule has 6 nitrogen and oxygen atoms in total. The molecule has 2 N–H and O–H groups in total. The molecule has 0 radical (unpaired) electrons. The quantitative estimate of drug-likeness (QED) is 0.764. The molecule has 1 saturated heterocycles. The van der Waals surface area contributed by atoms with E-state index in [1.807, 2.05) is 0 Å². The van der Waals surface area contributed by atoms with Crippen LogP contribution in [0.4, 0.5) is 0 Å². The maximum atomic E-state index is 10.3. The molecular formula is C9H13N3O3. The molecule has 1 aliphatic heterocycles. The van der Waals surface area contributed by atoms with E-state index < -0.39 is 5.97 Å². The minimum Gasteiger partial charge on any atom is -0.481 e. The van der Waals surface area contributed by atoms with Gasteiger partial charge in [0.2, 0.25) is 0 Å². The number of aliphatic carboxylic acids is 1. The Kier molecular flexibility index (Phi) is 2.96. The molecule has 0 bridgehead atoms. The summed E-state index contributed by atoms with van der Waals surface area (Å²) in [5.41, 5.74) is 0. The molecule has 6 heteroatoms. The minimum atomic E-state index is -0.829. The monoisotopic (exact) mass is 211 g/mol. The molecule has 0 spiro atoms. The zero-order chi connectivity index (χ0) is 10.7. The number of rotatable bonds is 4. The van der Waals surface area contributed by atoms with E-state index in [0.29, 0.717) is 18.1 Å². The smallest absolute Gasteiger partial charge is 0.303 e. The van der Waals surface area contributed by atoms with Gasteiger partial charge in [0.05, 0.1) is 6.42 Å². The van der Waals surface area contributed by atoms with Gasteiger partial charge in [-0.15, -0.1) is 0 Å². The standard InChI is InChI=1S/C9H13N3O3/c13-8(14)4-3-7-10-9(12-11-7)6-2-1-5-15-6/h6H,1-5H2,(H,13,14)(H,10,11,12). The number of aromatic nitrogens is 3. The number of hydrogen-bond acceptors (Lipinski definition) is 4. The lowest BCUT2D eigenvalue weighted by molar-refractivity contribution is -0.137. The second-order valence-corrected chi connectivity index (χ2v) is 3.54. The average Bonchev–Trinajstić information content (AvgIpc) is 2.85. The number of aryl methyl sites for hydroxylation is 1. The van der Waals surface area contributed by atoms with Crippen LogP contribution in [0.3, 0.4) is 0 Å². The number of carboxylic acids is 1. The number of carbonyl (C=O) groups is 1. The molecule has 2 heterocycles. The summed E-state index contributed by atoms with van der Waals surface area (Å²) in [5, 5.41) is 15.3. The maximum absolute atomic E-state index is 10.3. The fourth-order valence-corrected chi connectivity index (χ4v) is 1.57. The summed E-state index contributed by atoms with van der Waals surface area (Å²) in [6.07, 6.45) is 2.41. The molecule has 0 saturated carbocycles. The maximum Gasteiger partial charge on any atom is 0.303 e. The molecule has 1 aromatic rings. The summed E-state index contributed by atoms with van der Waals surface area (Å²) in [4.78, 5) is 14.6. The van der Waals surface area contributed by atoms with Crippen LogP contribution in [0.25, 0.3) is 0 Å². The van der Waals surface area contributed by atoms with Crippen molar-refractivity contribution in [2.24, 2.45) is 0 Å². The highest BCUT2D eigenvalue weighted by molar-refractivity contribution is 5.66. The molecule has 15 heavy (non-hydrogen) atoms. The molecule has 0 amide bonds. The third-order valence-electron chi connectivity index (χ3n) is 2.34. The van der Waals surface area contributed by atoms with E-state index in [4.69, 9.17) is 9.84 Å². The van der Waals surface area contributed by atoms with Crippen LogP contribution < -0.4 is 0 Å². The summed E-state index contributed by atoms with van der Waals surface area (Å²) in [5.74, 6) is 0.431. The Morgan fingerprint density at radius 1 is 1.67 bits per heavy atom. The Labute approximate surface area is 86.7 Å². The van der Waals surface area contributed by atoms with Crippen LogP contribution in [-0.4, -0.2) is 32.9 Å². The fraction of sp³-hybridized carbons (Fsp3) is 0.667. The molecular weight excluding hydrogens is 198 g/mol. The lowest BCUT2D eigenvalue weighted by atomic mass is 10.2. The normalized spacial score (nSPS) is 20.7.